The monoisotopic (exact) mass is 645 g/mol. The first-order valence-corrected chi connectivity index (χ1v) is 16.1. The van der Waals surface area contributed by atoms with E-state index in [1.54, 1.807) is 0 Å². The van der Waals surface area contributed by atoms with Gasteiger partial charge in [-0.25, -0.2) is 0 Å². The Bertz CT molecular complexity index is 1420. The number of rotatable bonds is 12. The van der Waals surface area contributed by atoms with Crippen LogP contribution >= 0.6 is 0 Å². The van der Waals surface area contributed by atoms with Crippen LogP contribution < -0.4 is 10.6 Å². The predicted octanol–water partition coefficient (Wildman–Crippen LogP) is 8.36. The number of amides is 1. The van der Waals surface area contributed by atoms with Crippen molar-refractivity contribution in [3.8, 4) is 11.1 Å². The molecule has 1 heterocycles. The molecule has 0 spiro atoms. The number of unbranched alkanes of at least 4 members (excludes halogenated alkanes) is 1. The van der Waals surface area contributed by atoms with Crippen LogP contribution in [0.5, 0.6) is 0 Å². The van der Waals surface area contributed by atoms with Crippen molar-refractivity contribution in [3.63, 3.8) is 0 Å². The molecule has 0 radical (unpaired) electrons. The molecule has 4 nitrogen and oxygen atoms in total. The van der Waals surface area contributed by atoms with Crippen molar-refractivity contribution in [3.05, 3.63) is 95.1 Å². The Morgan fingerprint density at radius 2 is 1.46 bits per heavy atom. The Labute approximate surface area is 266 Å². The van der Waals surface area contributed by atoms with Crippen LogP contribution in [0.3, 0.4) is 0 Å². The van der Waals surface area contributed by atoms with Gasteiger partial charge in [0.25, 0.3) is 5.91 Å². The Kier molecular flexibility index (Phi) is 10.5. The molecule has 1 saturated heterocycles. The highest BCUT2D eigenvalue weighted by Crippen LogP contribution is 2.54. The fraction of sp³-hybridized carbons (Fsp3) is 0.472. The molecule has 5 rings (SSSR count). The maximum absolute atomic E-state index is 13.5. The molecule has 1 fully saturated rings. The van der Waals surface area contributed by atoms with Gasteiger partial charge in [-0.2, -0.15) is 26.3 Å². The van der Waals surface area contributed by atoms with E-state index in [0.717, 1.165) is 92.5 Å². The van der Waals surface area contributed by atoms with Crippen LogP contribution in [-0.2, 0) is 11.6 Å². The maximum atomic E-state index is 13.5. The van der Waals surface area contributed by atoms with E-state index in [1.165, 1.54) is 12.1 Å². The quantitative estimate of drug-likeness (QED) is 0.154. The molecule has 1 amide bonds. The second kappa shape index (κ2) is 14.2. The van der Waals surface area contributed by atoms with Crippen molar-refractivity contribution in [1.29, 1.82) is 0 Å². The molecule has 0 unspecified atom stereocenters. The number of nitrogens with zero attached hydrogens (tertiary/aromatic N) is 1. The largest absolute Gasteiger partial charge is 0.416 e. The number of piperidine rings is 1. The van der Waals surface area contributed by atoms with Crippen molar-refractivity contribution < 1.29 is 31.1 Å². The minimum atomic E-state index is -4.45. The highest BCUT2D eigenvalue weighted by Gasteiger charge is 2.48. The molecule has 248 valence electrons. The maximum Gasteiger partial charge on any atom is 0.416 e. The van der Waals surface area contributed by atoms with Crippen molar-refractivity contribution in [1.82, 2.24) is 15.5 Å². The second-order valence-corrected chi connectivity index (χ2v) is 12.5. The van der Waals surface area contributed by atoms with Gasteiger partial charge in [-0.05, 0) is 85.2 Å². The molecule has 10 heteroatoms. The molecule has 2 aliphatic rings. The lowest BCUT2D eigenvalue weighted by atomic mass is 9.67. The van der Waals surface area contributed by atoms with E-state index in [4.69, 9.17) is 0 Å². The molecule has 1 aliphatic heterocycles. The standard InChI is InChI=1S/C36H41F6N3O/c1-2-9-32(43-24-35(37,38)39)34(30-12-5-3-10-28(30)29-11-4-6-13-31(29)34)20-7-8-21-45-22-18-27(19-23-45)44-33(46)25-14-16-26(17-15-25)36(40,41)42/h3-6,10-17,27,32,43H,2,7-9,18-24H2,1H3,(H,44,46)/t32-/m1/s1. The number of likely N-dealkylation sites (tertiary alicyclic amines) is 1. The molecule has 3 aromatic carbocycles. The van der Waals surface area contributed by atoms with E-state index < -0.39 is 29.9 Å². The average molecular weight is 646 g/mol. The zero-order valence-corrected chi connectivity index (χ0v) is 26.0. The summed E-state index contributed by atoms with van der Waals surface area (Å²) < 4.78 is 79.0. The minimum Gasteiger partial charge on any atom is -0.349 e. The normalized spacial score (nSPS) is 17.4. The van der Waals surface area contributed by atoms with Gasteiger partial charge in [-0.3, -0.25) is 4.79 Å². The highest BCUT2D eigenvalue weighted by atomic mass is 19.4. The lowest BCUT2D eigenvalue weighted by Gasteiger charge is -2.41. The average Bonchev–Trinajstić information content (AvgIpc) is 3.32. The van der Waals surface area contributed by atoms with Crippen molar-refractivity contribution >= 4 is 5.91 Å². The van der Waals surface area contributed by atoms with Crippen LogP contribution in [0, 0.1) is 0 Å². The van der Waals surface area contributed by atoms with Crippen LogP contribution in [0.2, 0.25) is 0 Å². The Balaban J connectivity index is 1.21. The Hall–Kier alpha value is -3.37. The third-order valence-electron chi connectivity index (χ3n) is 9.52. The van der Waals surface area contributed by atoms with Gasteiger partial charge < -0.3 is 15.5 Å². The zero-order chi connectivity index (χ0) is 33.0. The summed E-state index contributed by atoms with van der Waals surface area (Å²) in [4.78, 5) is 15.0. The third kappa shape index (κ3) is 7.60. The lowest BCUT2D eigenvalue weighted by Crippen LogP contribution is -2.51. The molecular formula is C36H41F6N3O. The van der Waals surface area contributed by atoms with Crippen LogP contribution in [0.4, 0.5) is 26.3 Å². The summed E-state index contributed by atoms with van der Waals surface area (Å²) in [5, 5.41) is 5.89. The van der Waals surface area contributed by atoms with Gasteiger partial charge in [0.15, 0.2) is 0 Å². The number of benzene rings is 3. The van der Waals surface area contributed by atoms with Crippen molar-refractivity contribution in [2.24, 2.45) is 0 Å². The number of halogens is 6. The molecule has 0 bridgehead atoms. The first-order chi connectivity index (χ1) is 21.9. The van der Waals surface area contributed by atoms with E-state index in [-0.39, 0.29) is 23.6 Å². The molecule has 2 N–H and O–H groups in total. The van der Waals surface area contributed by atoms with Crippen LogP contribution in [0.15, 0.2) is 72.8 Å². The Morgan fingerprint density at radius 1 is 0.870 bits per heavy atom. The van der Waals surface area contributed by atoms with Crippen molar-refractivity contribution in [2.75, 3.05) is 26.2 Å². The van der Waals surface area contributed by atoms with E-state index in [0.29, 0.717) is 6.42 Å². The number of carbonyl (C=O) groups is 1. The van der Waals surface area contributed by atoms with Crippen LogP contribution in [0.1, 0.15) is 78.9 Å². The number of fused-ring (bicyclic) bond motifs is 3. The van der Waals surface area contributed by atoms with Gasteiger partial charge in [-0.1, -0.05) is 68.3 Å². The summed E-state index contributed by atoms with van der Waals surface area (Å²) in [6.07, 6.45) is -3.49. The Morgan fingerprint density at radius 3 is 2.00 bits per heavy atom. The second-order valence-electron chi connectivity index (χ2n) is 12.5. The van der Waals surface area contributed by atoms with Crippen molar-refractivity contribution in [2.45, 2.75) is 81.7 Å². The predicted molar refractivity (Wildman–Crippen MR) is 168 cm³/mol. The van der Waals surface area contributed by atoms with Crippen LogP contribution in [-0.4, -0.2) is 55.2 Å². The van der Waals surface area contributed by atoms with Gasteiger partial charge in [0.2, 0.25) is 0 Å². The SMILES string of the molecule is CCC[C@@H](NCC(F)(F)F)C1(CCCCN2CCC(NC(=O)c3ccc(C(F)(F)F)cc3)CC2)c2ccccc2-c2ccccc21. The number of hydrogen-bond donors (Lipinski definition) is 2. The summed E-state index contributed by atoms with van der Waals surface area (Å²) in [6, 6.07) is 20.0. The van der Waals surface area contributed by atoms with Gasteiger partial charge >= 0.3 is 12.4 Å². The summed E-state index contributed by atoms with van der Waals surface area (Å²) in [5.41, 5.74) is 3.20. The fourth-order valence-corrected chi connectivity index (χ4v) is 7.35. The minimum absolute atomic E-state index is 0.0599. The smallest absolute Gasteiger partial charge is 0.349 e. The number of alkyl halides is 6. The molecule has 0 aromatic heterocycles. The number of nitrogens with one attached hydrogen (secondary N) is 2. The van der Waals surface area contributed by atoms with Gasteiger partial charge in [0.05, 0.1) is 12.1 Å². The number of hydrogen-bond acceptors (Lipinski definition) is 3. The van der Waals surface area contributed by atoms with Gasteiger partial charge in [0, 0.05) is 36.2 Å². The van der Waals surface area contributed by atoms with Crippen LogP contribution in [0.25, 0.3) is 11.1 Å². The molecule has 46 heavy (non-hydrogen) atoms. The summed E-state index contributed by atoms with van der Waals surface area (Å²) in [7, 11) is 0. The van der Waals surface area contributed by atoms with E-state index in [1.807, 2.05) is 31.2 Å². The van der Waals surface area contributed by atoms with E-state index in [9.17, 15) is 31.1 Å². The first-order valence-electron chi connectivity index (χ1n) is 16.1. The van der Waals surface area contributed by atoms with E-state index >= 15 is 0 Å². The summed E-state index contributed by atoms with van der Waals surface area (Å²) >= 11 is 0. The lowest BCUT2D eigenvalue weighted by molar-refractivity contribution is -0.137. The topological polar surface area (TPSA) is 44.4 Å². The molecular weight excluding hydrogens is 604 g/mol. The molecule has 1 aliphatic carbocycles. The first kappa shape index (κ1) is 34.0. The number of carbonyl (C=O) groups excluding carboxylic acids is 1. The summed E-state index contributed by atoms with van der Waals surface area (Å²) in [6.45, 7) is 3.38. The fourth-order valence-electron chi connectivity index (χ4n) is 7.35. The molecule has 1 atom stereocenters. The van der Waals surface area contributed by atoms with Gasteiger partial charge in [0.1, 0.15) is 0 Å². The molecule has 0 saturated carbocycles. The zero-order valence-electron chi connectivity index (χ0n) is 26.0. The van der Waals surface area contributed by atoms with E-state index in [2.05, 4.69) is 39.8 Å². The highest BCUT2D eigenvalue weighted by molar-refractivity contribution is 5.94. The van der Waals surface area contributed by atoms with Gasteiger partial charge in [-0.15, -0.1) is 0 Å². The third-order valence-corrected chi connectivity index (χ3v) is 9.52. The summed E-state index contributed by atoms with van der Waals surface area (Å²) in [5.74, 6) is -0.379. The molecule has 3 aromatic rings.